The summed E-state index contributed by atoms with van der Waals surface area (Å²) in [5.74, 6) is 0. The van der Waals surface area contributed by atoms with Gasteiger partial charge in [0, 0.05) is 0 Å². The Labute approximate surface area is 166 Å². The third kappa shape index (κ3) is 26.3. The van der Waals surface area contributed by atoms with Crippen molar-refractivity contribution in [1.29, 1.82) is 0 Å². The molecule has 0 aliphatic carbocycles. The first-order chi connectivity index (χ1) is 11.9. The van der Waals surface area contributed by atoms with Crippen LogP contribution in [0, 0.1) is 0 Å². The van der Waals surface area contributed by atoms with E-state index < -0.39 is 0 Å². The standard InChI is InChI=1S/C23H47N.ClH/c1-2-3-4-5-6-7-8-9-10-11-12-13-14-15-16-17-18-19-20-21-22-23-24;/h2H,1,3-24H2;1H. The Morgan fingerprint density at radius 1 is 0.440 bits per heavy atom. The highest BCUT2D eigenvalue weighted by molar-refractivity contribution is 5.85. The lowest BCUT2D eigenvalue weighted by Gasteiger charge is -2.04. The van der Waals surface area contributed by atoms with E-state index in [9.17, 15) is 0 Å². The molecule has 0 saturated heterocycles. The molecule has 0 saturated carbocycles. The lowest BCUT2D eigenvalue weighted by molar-refractivity contribution is 0.523. The van der Waals surface area contributed by atoms with Gasteiger partial charge in [-0.05, 0) is 25.8 Å². The van der Waals surface area contributed by atoms with E-state index in [0.717, 1.165) is 6.54 Å². The number of unbranched alkanes of at least 4 members (excludes halogenated alkanes) is 19. The zero-order chi connectivity index (χ0) is 17.6. The number of hydrogen-bond acceptors (Lipinski definition) is 1. The van der Waals surface area contributed by atoms with Crippen LogP contribution in [-0.2, 0) is 0 Å². The second kappa shape index (κ2) is 26.2. The van der Waals surface area contributed by atoms with Gasteiger partial charge in [0.25, 0.3) is 0 Å². The van der Waals surface area contributed by atoms with Crippen LogP contribution in [0.3, 0.4) is 0 Å². The molecule has 0 atom stereocenters. The van der Waals surface area contributed by atoms with Crippen molar-refractivity contribution in [1.82, 2.24) is 0 Å². The van der Waals surface area contributed by atoms with Crippen molar-refractivity contribution in [2.45, 2.75) is 128 Å². The quantitative estimate of drug-likeness (QED) is 0.159. The normalized spacial score (nSPS) is 10.6. The fourth-order valence-electron chi connectivity index (χ4n) is 3.44. The summed E-state index contributed by atoms with van der Waals surface area (Å²) in [4.78, 5) is 0. The van der Waals surface area contributed by atoms with Gasteiger partial charge in [-0.2, -0.15) is 0 Å². The molecule has 25 heavy (non-hydrogen) atoms. The van der Waals surface area contributed by atoms with Crippen LogP contribution in [0.4, 0.5) is 0 Å². The predicted molar refractivity (Wildman–Crippen MR) is 119 cm³/mol. The molecule has 0 rings (SSSR count). The van der Waals surface area contributed by atoms with Crippen LogP contribution in [0.25, 0.3) is 0 Å². The van der Waals surface area contributed by atoms with Gasteiger partial charge in [-0.15, -0.1) is 19.0 Å². The lowest BCUT2D eigenvalue weighted by atomic mass is 10.0. The van der Waals surface area contributed by atoms with E-state index in [-0.39, 0.29) is 12.4 Å². The Morgan fingerprint density at radius 3 is 0.920 bits per heavy atom. The summed E-state index contributed by atoms with van der Waals surface area (Å²) in [6.45, 7) is 4.65. The molecule has 0 unspecified atom stereocenters. The van der Waals surface area contributed by atoms with Gasteiger partial charge in [0.1, 0.15) is 0 Å². The molecule has 0 heterocycles. The number of nitrogens with two attached hydrogens (primary N) is 1. The first-order valence-corrected chi connectivity index (χ1v) is 11.2. The van der Waals surface area contributed by atoms with Crippen molar-refractivity contribution in [3.05, 3.63) is 12.7 Å². The third-order valence-corrected chi connectivity index (χ3v) is 5.11. The van der Waals surface area contributed by atoms with Crippen molar-refractivity contribution in [3.63, 3.8) is 0 Å². The summed E-state index contributed by atoms with van der Waals surface area (Å²) < 4.78 is 0. The van der Waals surface area contributed by atoms with E-state index >= 15 is 0 Å². The highest BCUT2D eigenvalue weighted by Gasteiger charge is 1.95. The molecule has 0 fully saturated rings. The molecule has 1 nitrogen and oxygen atoms in total. The molecule has 0 aromatic rings. The van der Waals surface area contributed by atoms with Gasteiger partial charge in [-0.3, -0.25) is 0 Å². The lowest BCUT2D eigenvalue weighted by Crippen LogP contribution is -1.97. The van der Waals surface area contributed by atoms with Crippen LogP contribution in [0.2, 0.25) is 0 Å². The Kier molecular flexibility index (Phi) is 28.5. The molecule has 0 amide bonds. The number of hydrogen-bond donors (Lipinski definition) is 1. The average molecular weight is 374 g/mol. The molecule has 152 valence electrons. The fourth-order valence-corrected chi connectivity index (χ4v) is 3.44. The highest BCUT2D eigenvalue weighted by Crippen LogP contribution is 2.14. The van der Waals surface area contributed by atoms with E-state index in [1.807, 2.05) is 6.08 Å². The van der Waals surface area contributed by atoms with Crippen molar-refractivity contribution < 1.29 is 0 Å². The molecule has 2 heteroatoms. The van der Waals surface area contributed by atoms with Crippen molar-refractivity contribution in [3.8, 4) is 0 Å². The van der Waals surface area contributed by atoms with E-state index in [4.69, 9.17) is 5.73 Å². The van der Waals surface area contributed by atoms with E-state index in [1.165, 1.54) is 128 Å². The van der Waals surface area contributed by atoms with Crippen LogP contribution in [0.1, 0.15) is 128 Å². The van der Waals surface area contributed by atoms with E-state index in [2.05, 4.69) is 6.58 Å². The van der Waals surface area contributed by atoms with Crippen LogP contribution < -0.4 is 5.73 Å². The van der Waals surface area contributed by atoms with Gasteiger partial charge in [0.2, 0.25) is 0 Å². The zero-order valence-electron chi connectivity index (χ0n) is 17.1. The van der Waals surface area contributed by atoms with Crippen LogP contribution in [0.5, 0.6) is 0 Å². The maximum Gasteiger partial charge on any atom is -0.00773 e. The Balaban J connectivity index is 0. The van der Waals surface area contributed by atoms with E-state index in [1.54, 1.807) is 0 Å². The van der Waals surface area contributed by atoms with Gasteiger partial charge in [0.15, 0.2) is 0 Å². The van der Waals surface area contributed by atoms with E-state index in [0.29, 0.717) is 0 Å². The average Bonchev–Trinajstić information content (AvgIpc) is 2.60. The molecule has 0 spiro atoms. The van der Waals surface area contributed by atoms with Crippen molar-refractivity contribution in [2.75, 3.05) is 6.54 Å². The zero-order valence-corrected chi connectivity index (χ0v) is 17.9. The van der Waals surface area contributed by atoms with Crippen molar-refractivity contribution in [2.24, 2.45) is 5.73 Å². The molecule has 0 aliphatic rings. The number of halogens is 1. The Hall–Kier alpha value is -0.0100. The highest BCUT2D eigenvalue weighted by atomic mass is 35.5. The van der Waals surface area contributed by atoms with Gasteiger partial charge < -0.3 is 5.73 Å². The van der Waals surface area contributed by atoms with Crippen LogP contribution in [-0.4, -0.2) is 6.54 Å². The van der Waals surface area contributed by atoms with Gasteiger partial charge in [-0.25, -0.2) is 0 Å². The number of allylic oxidation sites excluding steroid dienone is 1. The van der Waals surface area contributed by atoms with Crippen molar-refractivity contribution >= 4 is 12.4 Å². The maximum atomic E-state index is 5.51. The summed E-state index contributed by atoms with van der Waals surface area (Å²) in [7, 11) is 0. The molecule has 0 radical (unpaired) electrons. The molecule has 0 aliphatic heterocycles. The summed E-state index contributed by atoms with van der Waals surface area (Å²) >= 11 is 0. The van der Waals surface area contributed by atoms with Crippen LogP contribution in [0.15, 0.2) is 12.7 Å². The first kappa shape index (κ1) is 27.2. The second-order valence-corrected chi connectivity index (χ2v) is 7.58. The smallest absolute Gasteiger partial charge is 0.00773 e. The second-order valence-electron chi connectivity index (χ2n) is 7.58. The monoisotopic (exact) mass is 373 g/mol. The summed E-state index contributed by atoms with van der Waals surface area (Å²) in [6, 6.07) is 0. The predicted octanol–water partition coefficient (Wildman–Crippen LogP) is 8.35. The molecule has 0 bridgehead atoms. The third-order valence-electron chi connectivity index (χ3n) is 5.11. The fraction of sp³-hybridized carbons (Fsp3) is 0.913. The number of rotatable bonds is 21. The molecular weight excluding hydrogens is 326 g/mol. The molecular formula is C23H48ClN. The van der Waals surface area contributed by atoms with Crippen LogP contribution >= 0.6 is 12.4 Å². The summed E-state index contributed by atoms with van der Waals surface area (Å²) in [5, 5.41) is 0. The topological polar surface area (TPSA) is 26.0 Å². The first-order valence-electron chi connectivity index (χ1n) is 11.2. The SMILES string of the molecule is C=CCCCCCCCCCCCCCCCCCCCCCN.Cl. The minimum atomic E-state index is 0. The van der Waals surface area contributed by atoms with Gasteiger partial charge >= 0.3 is 0 Å². The summed E-state index contributed by atoms with van der Waals surface area (Å²) in [5.41, 5.74) is 5.51. The minimum absolute atomic E-state index is 0. The maximum absolute atomic E-state index is 5.51. The largest absolute Gasteiger partial charge is 0.330 e. The molecule has 0 aromatic heterocycles. The molecule has 2 N–H and O–H groups in total. The molecule has 0 aromatic carbocycles. The summed E-state index contributed by atoms with van der Waals surface area (Å²) in [6.07, 6.45) is 30.3. The van der Waals surface area contributed by atoms with Gasteiger partial charge in [0.05, 0.1) is 0 Å². The minimum Gasteiger partial charge on any atom is -0.330 e. The van der Waals surface area contributed by atoms with Gasteiger partial charge in [-0.1, -0.05) is 115 Å². The Bertz CT molecular complexity index is 230. The Morgan fingerprint density at radius 2 is 0.680 bits per heavy atom.